The number of rotatable bonds is 6. The van der Waals surface area contributed by atoms with Crippen molar-refractivity contribution < 1.29 is 9.59 Å². The molecule has 1 heterocycles. The molecule has 1 aromatic rings. The smallest absolute Gasteiger partial charge is 0.315 e. The Morgan fingerprint density at radius 2 is 1.83 bits per heavy atom. The van der Waals surface area contributed by atoms with E-state index in [-0.39, 0.29) is 23.4 Å². The van der Waals surface area contributed by atoms with Crippen LogP contribution in [0.15, 0.2) is 30.3 Å². The highest BCUT2D eigenvalue weighted by molar-refractivity contribution is 5.76. The number of hydrogen-bond acceptors (Lipinski definition) is 3. The molecule has 1 aliphatic heterocycles. The third kappa shape index (κ3) is 4.26. The lowest BCUT2D eigenvalue weighted by atomic mass is 9.96. The first-order chi connectivity index (χ1) is 11.6. The number of carbonyl (C=O) groups excluding carboxylic acids is 2. The van der Waals surface area contributed by atoms with Gasteiger partial charge in [0.05, 0.1) is 6.54 Å². The van der Waals surface area contributed by atoms with E-state index < -0.39 is 0 Å². The third-order valence-electron chi connectivity index (χ3n) is 5.13. The van der Waals surface area contributed by atoms with Crippen LogP contribution in [-0.2, 0) is 10.2 Å². The van der Waals surface area contributed by atoms with Crippen molar-refractivity contribution in [1.82, 2.24) is 15.5 Å². The van der Waals surface area contributed by atoms with Crippen molar-refractivity contribution >= 4 is 11.9 Å². The fraction of sp³-hybridized carbons (Fsp3) is 0.556. The maximum Gasteiger partial charge on any atom is 0.315 e. The second-order valence-corrected chi connectivity index (χ2v) is 6.99. The Morgan fingerprint density at radius 1 is 1.17 bits per heavy atom. The number of primary amides is 1. The van der Waals surface area contributed by atoms with E-state index in [0.717, 1.165) is 38.8 Å². The van der Waals surface area contributed by atoms with Gasteiger partial charge in [-0.25, -0.2) is 4.79 Å². The van der Waals surface area contributed by atoms with Gasteiger partial charge in [0.1, 0.15) is 0 Å². The molecule has 0 radical (unpaired) electrons. The van der Waals surface area contributed by atoms with E-state index in [9.17, 15) is 9.59 Å². The van der Waals surface area contributed by atoms with Gasteiger partial charge in [0.25, 0.3) is 0 Å². The molecule has 0 unspecified atom stereocenters. The predicted molar refractivity (Wildman–Crippen MR) is 92.5 cm³/mol. The van der Waals surface area contributed by atoms with E-state index in [1.807, 2.05) is 11.0 Å². The first kappa shape index (κ1) is 16.8. The monoisotopic (exact) mass is 330 g/mol. The summed E-state index contributed by atoms with van der Waals surface area (Å²) >= 11 is 0. The number of benzene rings is 1. The molecule has 0 bridgehead atoms. The molecule has 6 nitrogen and oxygen atoms in total. The minimum atomic E-state index is -0.296. The Balaban J connectivity index is 1.40. The Morgan fingerprint density at radius 3 is 2.42 bits per heavy atom. The molecule has 1 aliphatic carbocycles. The maximum atomic E-state index is 12.2. The highest BCUT2D eigenvalue weighted by atomic mass is 16.2. The Labute approximate surface area is 142 Å². The number of likely N-dealkylation sites (tertiary alicyclic amines) is 1. The summed E-state index contributed by atoms with van der Waals surface area (Å²) in [5.74, 6) is -0.296. The van der Waals surface area contributed by atoms with Crippen molar-refractivity contribution in [3.63, 3.8) is 0 Å². The minimum Gasteiger partial charge on any atom is -0.369 e. The highest BCUT2D eigenvalue weighted by Crippen LogP contribution is 2.47. The van der Waals surface area contributed by atoms with Crippen LogP contribution in [-0.4, -0.2) is 49.1 Å². The normalized spacial score (nSPS) is 20.3. The lowest BCUT2D eigenvalue weighted by molar-refractivity contribution is -0.119. The van der Waals surface area contributed by atoms with Gasteiger partial charge in [-0.15, -0.1) is 0 Å². The summed E-state index contributed by atoms with van der Waals surface area (Å²) < 4.78 is 0. The number of urea groups is 1. The topological polar surface area (TPSA) is 87.5 Å². The molecule has 0 spiro atoms. The van der Waals surface area contributed by atoms with Gasteiger partial charge >= 0.3 is 6.03 Å². The van der Waals surface area contributed by atoms with Crippen LogP contribution in [0.5, 0.6) is 0 Å². The average molecular weight is 330 g/mol. The molecule has 1 saturated carbocycles. The zero-order valence-electron chi connectivity index (χ0n) is 14.0. The molecule has 3 amide bonds. The fourth-order valence-electron chi connectivity index (χ4n) is 3.45. The van der Waals surface area contributed by atoms with Crippen molar-refractivity contribution in [2.75, 3.05) is 26.2 Å². The summed E-state index contributed by atoms with van der Waals surface area (Å²) in [5, 5.41) is 6.09. The number of amides is 3. The van der Waals surface area contributed by atoms with Crippen LogP contribution in [0.4, 0.5) is 4.79 Å². The van der Waals surface area contributed by atoms with Gasteiger partial charge in [0, 0.05) is 31.1 Å². The minimum absolute atomic E-state index is 0.0921. The number of nitrogens with one attached hydrogen (secondary N) is 2. The molecule has 3 rings (SSSR count). The highest BCUT2D eigenvalue weighted by Gasteiger charge is 2.44. The van der Waals surface area contributed by atoms with E-state index in [0.29, 0.717) is 13.1 Å². The van der Waals surface area contributed by atoms with Gasteiger partial charge in [0.2, 0.25) is 5.91 Å². The van der Waals surface area contributed by atoms with Crippen LogP contribution in [0.2, 0.25) is 0 Å². The van der Waals surface area contributed by atoms with Crippen LogP contribution in [0, 0.1) is 0 Å². The molecule has 2 aliphatic rings. The number of carbonyl (C=O) groups is 2. The summed E-state index contributed by atoms with van der Waals surface area (Å²) in [6.07, 6.45) is 3.96. The van der Waals surface area contributed by atoms with E-state index in [1.54, 1.807) is 0 Å². The van der Waals surface area contributed by atoms with Gasteiger partial charge in [-0.2, -0.15) is 0 Å². The lowest BCUT2D eigenvalue weighted by Crippen LogP contribution is -2.50. The van der Waals surface area contributed by atoms with E-state index in [2.05, 4.69) is 34.9 Å². The largest absolute Gasteiger partial charge is 0.369 e. The van der Waals surface area contributed by atoms with Crippen LogP contribution in [0.3, 0.4) is 0 Å². The lowest BCUT2D eigenvalue weighted by Gasteiger charge is -2.31. The molecule has 1 aromatic carbocycles. The zero-order valence-corrected chi connectivity index (χ0v) is 14.0. The van der Waals surface area contributed by atoms with Crippen LogP contribution < -0.4 is 16.4 Å². The first-order valence-electron chi connectivity index (χ1n) is 8.68. The zero-order chi connectivity index (χ0) is 17.0. The molecule has 6 heteroatoms. The van der Waals surface area contributed by atoms with Gasteiger partial charge in [0.15, 0.2) is 0 Å². The molecule has 4 N–H and O–H groups in total. The quantitative estimate of drug-likeness (QED) is 0.726. The van der Waals surface area contributed by atoms with Gasteiger partial charge in [-0.3, -0.25) is 9.69 Å². The SMILES string of the molecule is NC(=O)CN1CCC(NC(=O)NCC2(c3ccccc3)CC2)CC1. The summed E-state index contributed by atoms with van der Waals surface area (Å²) in [7, 11) is 0. The van der Waals surface area contributed by atoms with E-state index in [4.69, 9.17) is 5.73 Å². The summed E-state index contributed by atoms with van der Waals surface area (Å²) in [4.78, 5) is 25.1. The summed E-state index contributed by atoms with van der Waals surface area (Å²) in [5.41, 5.74) is 6.65. The summed E-state index contributed by atoms with van der Waals surface area (Å²) in [6, 6.07) is 10.5. The molecular formula is C18H26N4O2. The van der Waals surface area contributed by atoms with Crippen LogP contribution in [0.25, 0.3) is 0 Å². The Hall–Kier alpha value is -2.08. The number of nitrogens with two attached hydrogens (primary N) is 1. The van der Waals surface area contributed by atoms with Crippen molar-refractivity contribution in [3.8, 4) is 0 Å². The Bertz CT molecular complexity index is 578. The van der Waals surface area contributed by atoms with Gasteiger partial charge < -0.3 is 16.4 Å². The maximum absolute atomic E-state index is 12.2. The molecule has 130 valence electrons. The van der Waals surface area contributed by atoms with Gasteiger partial charge in [-0.05, 0) is 31.2 Å². The molecule has 0 aromatic heterocycles. The van der Waals surface area contributed by atoms with E-state index in [1.165, 1.54) is 5.56 Å². The number of nitrogens with zero attached hydrogens (tertiary/aromatic N) is 1. The predicted octanol–water partition coefficient (Wildman–Crippen LogP) is 0.967. The van der Waals surface area contributed by atoms with Crippen LogP contribution >= 0.6 is 0 Å². The first-order valence-corrected chi connectivity index (χ1v) is 8.68. The fourth-order valence-corrected chi connectivity index (χ4v) is 3.45. The molecule has 2 fully saturated rings. The molecule has 0 atom stereocenters. The van der Waals surface area contributed by atoms with Crippen molar-refractivity contribution in [1.29, 1.82) is 0 Å². The van der Waals surface area contributed by atoms with E-state index >= 15 is 0 Å². The molecular weight excluding hydrogens is 304 g/mol. The van der Waals surface area contributed by atoms with Crippen LogP contribution in [0.1, 0.15) is 31.2 Å². The number of hydrogen-bond donors (Lipinski definition) is 3. The van der Waals surface area contributed by atoms with Crippen molar-refractivity contribution in [2.24, 2.45) is 5.73 Å². The van der Waals surface area contributed by atoms with Crippen molar-refractivity contribution in [3.05, 3.63) is 35.9 Å². The second-order valence-electron chi connectivity index (χ2n) is 6.99. The second kappa shape index (κ2) is 7.21. The standard InChI is InChI=1S/C18H26N4O2/c19-16(23)12-22-10-6-15(7-11-22)21-17(24)20-13-18(8-9-18)14-4-2-1-3-5-14/h1-5,15H,6-13H2,(H2,19,23)(H2,20,21,24). The Kier molecular flexibility index (Phi) is 5.04. The average Bonchev–Trinajstić information content (AvgIpc) is 3.37. The summed E-state index contributed by atoms with van der Waals surface area (Å²) in [6.45, 7) is 2.57. The van der Waals surface area contributed by atoms with Crippen molar-refractivity contribution in [2.45, 2.75) is 37.1 Å². The van der Waals surface area contributed by atoms with Gasteiger partial charge in [-0.1, -0.05) is 30.3 Å². The number of piperidine rings is 1. The molecule has 1 saturated heterocycles. The molecule has 24 heavy (non-hydrogen) atoms. The third-order valence-corrected chi connectivity index (χ3v) is 5.13.